The molecule has 2 saturated carbocycles. The van der Waals surface area contributed by atoms with Crippen molar-refractivity contribution in [1.82, 2.24) is 74.3 Å². The zero-order valence-corrected chi connectivity index (χ0v) is 60.7. The van der Waals surface area contributed by atoms with Crippen LogP contribution >= 0.6 is 15.9 Å². The van der Waals surface area contributed by atoms with E-state index in [1.807, 2.05) is 0 Å². The van der Waals surface area contributed by atoms with Gasteiger partial charge in [-0.2, -0.15) is 39.5 Å². The Morgan fingerprint density at radius 1 is 0.505 bits per heavy atom. The van der Waals surface area contributed by atoms with Gasteiger partial charge >= 0.3 is 69.9 Å². The van der Waals surface area contributed by atoms with Crippen LogP contribution in [-0.2, 0) is 33.0 Å². The van der Waals surface area contributed by atoms with Crippen LogP contribution in [0.2, 0.25) is 0 Å². The van der Waals surface area contributed by atoms with Gasteiger partial charge in [0, 0.05) is 114 Å². The topological polar surface area (TPSA) is 393 Å². The molecule has 6 aromatic heterocycles. The Labute approximate surface area is 631 Å². The van der Waals surface area contributed by atoms with Crippen LogP contribution < -0.4 is 111 Å². The molecule has 0 unspecified atom stereocenters. The standard InChI is InChI=1S/C22H24F3N7O3.C18H20F3N7O2.C14H15BrF3N3O2.C9H11N3O.K.H2O/c1-12-8-14(28-15-9-16(27-11-26-15)29-18(33)13-2-3-13)20(35)32-17(12)19(34)30-21(32)4-6-31(7-5-21)10-22(23,24)25;1-10-6-11(25-13-7-12(22)23-9-24-13)16(30)28-14(10)15(29)26-17(28)2-4-27(5-3-17)8-18(19,20)21;1-8-6-9(15)12(23)21-10(8)11(22)19-13(21)2-4-20(5-3-13)7-14(16,17)18;10-9-4-7(11-5-12-9)3-8(13)6-1-2-6;;/h8-9,11,13H,2-7,10H2,1H3,(H,30,34)(H2,26,27,28,29,33);6-7,9H,2-5,8H2,1H3,(H,26,29)(H3,22,23,24,25);6H,2-5,7H2,1H3,(H,19,22);4-6H,1-3H2,(H2,10,11,12);;1H2/q;;;;+1;/p-1. The Hall–Kier alpha value is -7.83. The summed E-state index contributed by atoms with van der Waals surface area (Å²) in [7, 11) is 0. The number of nitrogens with two attached hydrogens (primary N) is 2. The minimum absolute atomic E-state index is 0. The number of nitrogens with zero attached hydrogens (tertiary/aromatic N) is 12. The maximum Gasteiger partial charge on any atom is 1.00 e. The molecular formula is C63H71BrF9KN20O9. The number of halogens is 10. The summed E-state index contributed by atoms with van der Waals surface area (Å²) in [6.45, 7) is 2.78. The minimum atomic E-state index is -4.32. The predicted octanol–water partition coefficient (Wildman–Crippen LogP) is 2.80. The van der Waals surface area contributed by atoms with E-state index in [1.54, 1.807) is 39.0 Å². The van der Waals surface area contributed by atoms with E-state index in [0.29, 0.717) is 50.7 Å². The average molecular weight is 1540 g/mol. The van der Waals surface area contributed by atoms with Crippen LogP contribution in [-0.4, -0.2) is 171 Å². The average Bonchev–Trinajstić information content (AvgIpc) is 1.57. The van der Waals surface area contributed by atoms with Crippen molar-refractivity contribution in [3.8, 4) is 0 Å². The minimum Gasteiger partial charge on any atom is -0.870 e. The summed E-state index contributed by atoms with van der Waals surface area (Å²) in [6.07, 6.45) is -3.59. The Balaban J connectivity index is 0.000000166. The van der Waals surface area contributed by atoms with Crippen molar-refractivity contribution in [2.24, 2.45) is 11.8 Å². The number of Topliss-reactive ketones (excluding diaryl/α,β-unsaturated/α-hetero) is 1. The molecule has 0 aromatic carbocycles. The van der Waals surface area contributed by atoms with Gasteiger partial charge in [0.2, 0.25) is 5.91 Å². The zero-order valence-electron chi connectivity index (χ0n) is 56.0. The van der Waals surface area contributed by atoms with Gasteiger partial charge in [-0.3, -0.25) is 66.8 Å². The van der Waals surface area contributed by atoms with E-state index < -0.39 is 78.1 Å². The number of fused-ring (bicyclic) bond motifs is 6. The van der Waals surface area contributed by atoms with Crippen LogP contribution in [0.5, 0.6) is 0 Å². The molecule has 0 atom stereocenters. The largest absolute Gasteiger partial charge is 1.00 e. The van der Waals surface area contributed by atoms with E-state index in [1.165, 1.54) is 65.6 Å². The second-order valence-corrected chi connectivity index (χ2v) is 27.1. The Kier molecular flexibility index (Phi) is 23.9. The maximum atomic E-state index is 13.5. The van der Waals surface area contributed by atoms with E-state index in [2.05, 4.69) is 77.7 Å². The molecule has 6 aliphatic heterocycles. The first-order chi connectivity index (χ1) is 47.5. The zero-order chi connectivity index (χ0) is 72.9. The summed E-state index contributed by atoms with van der Waals surface area (Å²) in [4.78, 5) is 128. The third-order valence-corrected chi connectivity index (χ3v) is 19.1. The van der Waals surface area contributed by atoms with Gasteiger partial charge in [-0.25, -0.2) is 29.9 Å². The summed E-state index contributed by atoms with van der Waals surface area (Å²) in [5, 5.41) is 17.1. The molecule has 5 fully saturated rings. The SMILES string of the molecule is Cc1cc(Br)c(=O)n2c1C(=O)NC21CCN(CC(F)(F)F)CC1.Cc1cc(Nc2cc(N)ncn2)c(=O)n2c1C(=O)NC21CCN(CC(F)(F)F)CC1.Cc1cc(Nc2cc(NC(=O)C3CC3)ncn2)c(=O)n2c1C(=O)NC21CCN(CC(F)(F)F)CC1.Nc1cc(CC(=O)C2CC2)ncn1.[K+].[OH-]. The Bertz CT molecular complexity index is 4430. The molecule has 6 aromatic rings. The molecule has 4 amide bonds. The second kappa shape index (κ2) is 31.1. The first-order valence-corrected chi connectivity index (χ1v) is 33.0. The molecule has 0 radical (unpaired) electrons. The fraction of sp³-hybridized carbons (Fsp3) is 0.492. The van der Waals surface area contributed by atoms with E-state index in [0.717, 1.165) is 31.4 Å². The van der Waals surface area contributed by atoms with Crippen LogP contribution in [0.4, 0.5) is 80.0 Å². The maximum absolute atomic E-state index is 13.5. The number of amides is 4. The number of hydrogen-bond donors (Lipinski definition) is 8. The van der Waals surface area contributed by atoms with Crippen LogP contribution in [0, 0.1) is 32.6 Å². The number of nitrogens with one attached hydrogen (secondary N) is 6. The number of aromatic nitrogens is 9. The predicted molar refractivity (Wildman–Crippen MR) is 352 cm³/mol. The van der Waals surface area contributed by atoms with Gasteiger partial charge in [0.15, 0.2) is 0 Å². The molecule has 8 aliphatic rings. The van der Waals surface area contributed by atoms with Crippen molar-refractivity contribution in [3.05, 3.63) is 130 Å². The number of pyridine rings is 3. The number of ketones is 1. The number of hydrogen-bond acceptors (Lipinski definition) is 22. The molecule has 103 heavy (non-hydrogen) atoms. The van der Waals surface area contributed by atoms with Crippen molar-refractivity contribution < 1.29 is 120 Å². The number of alkyl halides is 9. The third kappa shape index (κ3) is 18.5. The molecular weight excluding hydrogens is 1470 g/mol. The van der Waals surface area contributed by atoms with Crippen molar-refractivity contribution in [2.45, 2.75) is 127 Å². The summed E-state index contributed by atoms with van der Waals surface area (Å²) >= 11 is 3.19. The molecule has 12 heterocycles. The van der Waals surface area contributed by atoms with E-state index >= 15 is 0 Å². The number of nitrogen functional groups attached to an aromatic ring is 2. The molecule has 14 rings (SSSR count). The molecule has 29 nitrogen and oxygen atoms in total. The Morgan fingerprint density at radius 2 is 0.854 bits per heavy atom. The quantitative estimate of drug-likeness (QED) is 0.0645. The van der Waals surface area contributed by atoms with Crippen molar-refractivity contribution in [1.29, 1.82) is 0 Å². The molecule has 0 bridgehead atoms. The smallest absolute Gasteiger partial charge is 0.870 e. The summed E-state index contributed by atoms with van der Waals surface area (Å²) in [6, 6.07) is 9.29. The van der Waals surface area contributed by atoms with Gasteiger partial charge in [0.05, 0.1) is 29.8 Å². The van der Waals surface area contributed by atoms with Gasteiger partial charge in [0.25, 0.3) is 34.4 Å². The fourth-order valence-corrected chi connectivity index (χ4v) is 14.0. The molecule has 3 spiro atoms. The van der Waals surface area contributed by atoms with Crippen molar-refractivity contribution >= 4 is 85.8 Å². The third-order valence-electron chi connectivity index (χ3n) is 18.6. The summed E-state index contributed by atoms with van der Waals surface area (Å²) in [5.74, 6) is 0.771. The van der Waals surface area contributed by atoms with E-state index in [-0.39, 0.29) is 204 Å². The number of rotatable bonds is 12. The number of piperidine rings is 3. The van der Waals surface area contributed by atoms with Gasteiger partial charge in [0.1, 0.15) is 99.3 Å². The number of carbonyl (C=O) groups excluding carboxylic acids is 5. The first kappa shape index (κ1) is 79.3. The number of anilines is 7. The fourth-order valence-electron chi connectivity index (χ4n) is 13.5. The van der Waals surface area contributed by atoms with Gasteiger partial charge in [-0.15, -0.1) is 0 Å². The first-order valence-electron chi connectivity index (χ1n) is 32.2. The monoisotopic (exact) mass is 1540 g/mol. The van der Waals surface area contributed by atoms with Gasteiger partial charge < -0.3 is 48.8 Å². The van der Waals surface area contributed by atoms with Crippen LogP contribution in [0.3, 0.4) is 0 Å². The molecule has 11 N–H and O–H groups in total. The van der Waals surface area contributed by atoms with Crippen LogP contribution in [0.1, 0.15) is 118 Å². The Morgan fingerprint density at radius 3 is 1.23 bits per heavy atom. The van der Waals surface area contributed by atoms with E-state index in [4.69, 9.17) is 11.5 Å². The number of aryl methyl sites for hydroxylation is 3. The molecule has 40 heteroatoms. The summed E-state index contributed by atoms with van der Waals surface area (Å²) in [5.41, 5.74) is 10.3. The van der Waals surface area contributed by atoms with Gasteiger partial charge in [-0.1, -0.05) is 0 Å². The van der Waals surface area contributed by atoms with Crippen molar-refractivity contribution in [2.75, 3.05) is 86.3 Å². The normalized spacial score (nSPS) is 18.5. The molecule has 2 aliphatic carbocycles. The summed E-state index contributed by atoms with van der Waals surface area (Å²) < 4.78 is 119. The molecule has 3 saturated heterocycles. The van der Waals surface area contributed by atoms with E-state index in [9.17, 15) is 77.9 Å². The molecule has 548 valence electrons. The van der Waals surface area contributed by atoms with Gasteiger partial charge in [-0.05, 0) is 97.3 Å². The van der Waals surface area contributed by atoms with Crippen LogP contribution in [0.25, 0.3) is 0 Å². The second-order valence-electron chi connectivity index (χ2n) is 26.2. The number of carbonyl (C=O) groups is 5. The number of likely N-dealkylation sites (tertiary alicyclic amines) is 3. The van der Waals surface area contributed by atoms with Crippen LogP contribution in [0.15, 0.2) is 74.2 Å². The van der Waals surface area contributed by atoms with Crippen molar-refractivity contribution in [3.63, 3.8) is 0 Å².